The van der Waals surface area contributed by atoms with Crippen molar-refractivity contribution in [3.8, 4) is 11.3 Å². The number of hydrogen-bond donors (Lipinski definition) is 0. The molecule has 103 valence electrons. The van der Waals surface area contributed by atoms with Crippen LogP contribution in [0.4, 0.5) is 5.69 Å². The Hall–Kier alpha value is -1.02. The molecule has 0 fully saturated rings. The molecule has 2 aromatic rings. The number of pyridine rings is 1. The van der Waals surface area contributed by atoms with E-state index in [4.69, 9.17) is 0 Å². The van der Waals surface area contributed by atoms with Gasteiger partial charge in [0.05, 0.1) is 25.8 Å². The second kappa shape index (κ2) is 6.95. The van der Waals surface area contributed by atoms with E-state index in [1.165, 1.54) is 5.69 Å². The summed E-state index contributed by atoms with van der Waals surface area (Å²) < 4.78 is 0.939. The Morgan fingerprint density at radius 1 is 1.16 bits per heavy atom. The average molecular weight is 433 g/mol. The first kappa shape index (κ1) is 16.0. The smallest absolute Gasteiger partial charge is 0.0790 e. The van der Waals surface area contributed by atoms with Gasteiger partial charge >= 0.3 is 0 Å². The molecule has 0 N–H and O–H groups in total. The van der Waals surface area contributed by atoms with Crippen molar-refractivity contribution in [3.63, 3.8) is 0 Å². The molecular weight excluding hydrogens is 412 g/mol. The molecule has 1 aromatic carbocycles. The van der Waals surface area contributed by atoms with E-state index in [-0.39, 0.29) is 20.1 Å². The molecule has 3 heteroatoms. The molecule has 0 aliphatic rings. The second-order valence-electron chi connectivity index (χ2n) is 4.70. The summed E-state index contributed by atoms with van der Waals surface area (Å²) in [5, 5.41) is 0. The minimum Gasteiger partial charge on any atom is -0.310 e. The predicted octanol–water partition coefficient (Wildman–Crippen LogP) is 3.52. The Bertz CT molecular complexity index is 507. The van der Waals surface area contributed by atoms with Crippen LogP contribution < -0.4 is 4.48 Å². The van der Waals surface area contributed by atoms with Crippen molar-refractivity contribution in [1.82, 2.24) is 9.47 Å². The number of aromatic nitrogens is 1. The van der Waals surface area contributed by atoms with Gasteiger partial charge in [0.25, 0.3) is 0 Å². The molecule has 1 radical (unpaired) electrons. The summed E-state index contributed by atoms with van der Waals surface area (Å²) in [6.07, 6.45) is 1.82. The van der Waals surface area contributed by atoms with Gasteiger partial charge < -0.3 is 9.47 Å². The van der Waals surface area contributed by atoms with E-state index in [9.17, 15) is 0 Å². The third-order valence-electron chi connectivity index (χ3n) is 3.75. The van der Waals surface area contributed by atoms with E-state index < -0.39 is 0 Å². The Morgan fingerprint density at radius 2 is 1.89 bits per heavy atom. The molecule has 2 rings (SSSR count). The van der Waals surface area contributed by atoms with Crippen molar-refractivity contribution in [1.29, 1.82) is 0 Å². The molecular formula is C16H20IrN2. The van der Waals surface area contributed by atoms with Crippen LogP contribution >= 0.6 is 0 Å². The fraction of sp³-hybridized carbons (Fsp3) is 0.312. The van der Waals surface area contributed by atoms with Crippen LogP contribution in [0.1, 0.15) is 13.8 Å². The molecule has 0 aliphatic heterocycles. The first-order valence-corrected chi connectivity index (χ1v) is 6.48. The van der Waals surface area contributed by atoms with Gasteiger partial charge in [-0.05, 0) is 25.6 Å². The van der Waals surface area contributed by atoms with E-state index in [0.717, 1.165) is 28.8 Å². The van der Waals surface area contributed by atoms with Gasteiger partial charge in [0.2, 0.25) is 0 Å². The number of nitrogens with zero attached hydrogens (tertiary/aromatic N) is 2. The molecule has 19 heavy (non-hydrogen) atoms. The summed E-state index contributed by atoms with van der Waals surface area (Å²) in [5.41, 5.74) is 3.37. The molecule has 0 bridgehead atoms. The van der Waals surface area contributed by atoms with Crippen LogP contribution in [0.5, 0.6) is 0 Å². The Kier molecular flexibility index (Phi) is 5.86. The molecule has 0 atom stereocenters. The maximum Gasteiger partial charge on any atom is 0.0790 e. The summed E-state index contributed by atoms with van der Waals surface area (Å²) in [6, 6.07) is 15.6. The SMILES string of the molecule is CC[N+](C)(CC)c1cc[c-]c(-c2ccccn2)c1.[Ir]. The zero-order valence-corrected chi connectivity index (χ0v) is 14.1. The van der Waals surface area contributed by atoms with Crippen LogP contribution in [0, 0.1) is 6.07 Å². The first-order chi connectivity index (χ1) is 8.69. The van der Waals surface area contributed by atoms with Gasteiger partial charge in [0.15, 0.2) is 0 Å². The number of rotatable bonds is 4. The summed E-state index contributed by atoms with van der Waals surface area (Å²) in [4.78, 5) is 4.39. The summed E-state index contributed by atoms with van der Waals surface area (Å²) >= 11 is 0. The summed E-state index contributed by atoms with van der Waals surface area (Å²) in [6.45, 7) is 6.62. The van der Waals surface area contributed by atoms with Crippen LogP contribution in [0.2, 0.25) is 0 Å². The number of hydrogen-bond acceptors (Lipinski definition) is 1. The Morgan fingerprint density at radius 3 is 2.47 bits per heavy atom. The first-order valence-electron chi connectivity index (χ1n) is 6.48. The molecule has 0 amide bonds. The quantitative estimate of drug-likeness (QED) is 0.532. The predicted molar refractivity (Wildman–Crippen MR) is 77.3 cm³/mol. The summed E-state index contributed by atoms with van der Waals surface area (Å²) in [5.74, 6) is 0. The second-order valence-corrected chi connectivity index (χ2v) is 4.70. The van der Waals surface area contributed by atoms with Gasteiger partial charge in [-0.3, -0.25) is 0 Å². The van der Waals surface area contributed by atoms with E-state index in [1.54, 1.807) is 0 Å². The monoisotopic (exact) mass is 433 g/mol. The van der Waals surface area contributed by atoms with Crippen LogP contribution in [0.3, 0.4) is 0 Å². The maximum atomic E-state index is 4.39. The van der Waals surface area contributed by atoms with Gasteiger partial charge in [-0.2, -0.15) is 0 Å². The van der Waals surface area contributed by atoms with Crippen molar-refractivity contribution >= 4 is 5.69 Å². The zero-order valence-electron chi connectivity index (χ0n) is 11.7. The molecule has 2 nitrogen and oxygen atoms in total. The van der Waals surface area contributed by atoms with Crippen molar-refractivity contribution < 1.29 is 20.1 Å². The third kappa shape index (κ3) is 3.50. The fourth-order valence-corrected chi connectivity index (χ4v) is 2.05. The number of quaternary nitrogens is 1. The standard InChI is InChI=1S/C16H20N2.Ir/c1-4-18(3,5-2)15-10-8-9-14(13-15)16-11-6-7-12-17-16;/h6-8,10-13H,4-5H2,1-3H3;. The number of benzene rings is 1. The summed E-state index contributed by atoms with van der Waals surface area (Å²) in [7, 11) is 2.26. The third-order valence-corrected chi connectivity index (χ3v) is 3.75. The Balaban J connectivity index is 0.00000180. The van der Waals surface area contributed by atoms with Crippen LogP contribution in [-0.2, 0) is 20.1 Å². The van der Waals surface area contributed by atoms with Crippen molar-refractivity contribution in [2.24, 2.45) is 0 Å². The van der Waals surface area contributed by atoms with E-state index in [1.807, 2.05) is 30.5 Å². The molecule has 0 aliphatic carbocycles. The van der Waals surface area contributed by atoms with Crippen LogP contribution in [0.25, 0.3) is 11.3 Å². The average Bonchev–Trinajstić information content (AvgIpc) is 2.47. The molecule has 0 unspecified atom stereocenters. The van der Waals surface area contributed by atoms with E-state index >= 15 is 0 Å². The van der Waals surface area contributed by atoms with Gasteiger partial charge in [-0.15, -0.1) is 17.7 Å². The van der Waals surface area contributed by atoms with Gasteiger partial charge in [0.1, 0.15) is 0 Å². The molecule has 1 aromatic heterocycles. The topological polar surface area (TPSA) is 12.9 Å². The van der Waals surface area contributed by atoms with Gasteiger partial charge in [-0.25, -0.2) is 0 Å². The van der Waals surface area contributed by atoms with Gasteiger partial charge in [0, 0.05) is 26.3 Å². The van der Waals surface area contributed by atoms with Crippen molar-refractivity contribution in [2.45, 2.75) is 13.8 Å². The van der Waals surface area contributed by atoms with E-state index in [2.05, 4.69) is 44.1 Å². The largest absolute Gasteiger partial charge is 0.310 e. The van der Waals surface area contributed by atoms with Crippen molar-refractivity contribution in [3.05, 3.63) is 48.7 Å². The zero-order chi connectivity index (χ0) is 13.0. The van der Waals surface area contributed by atoms with Crippen LogP contribution in [-0.4, -0.2) is 25.1 Å². The van der Waals surface area contributed by atoms with Crippen LogP contribution in [0.15, 0.2) is 42.6 Å². The molecule has 0 spiro atoms. The minimum absolute atomic E-state index is 0. The van der Waals surface area contributed by atoms with Crippen molar-refractivity contribution in [2.75, 3.05) is 20.1 Å². The normalized spacial score (nSPS) is 10.9. The fourth-order valence-electron chi connectivity index (χ4n) is 2.05. The molecule has 1 heterocycles. The maximum absolute atomic E-state index is 4.39. The van der Waals surface area contributed by atoms with Gasteiger partial charge in [-0.1, -0.05) is 24.3 Å². The molecule has 0 saturated heterocycles. The van der Waals surface area contributed by atoms with E-state index in [0.29, 0.717) is 0 Å². The molecule has 0 saturated carbocycles. The minimum atomic E-state index is 0. The Labute approximate surface area is 129 Å².